The predicted molar refractivity (Wildman–Crippen MR) is 73.4 cm³/mol. The summed E-state index contributed by atoms with van der Waals surface area (Å²) in [6.07, 6.45) is 0.747. The second-order valence-corrected chi connectivity index (χ2v) is 4.98. The number of hydrogen-bond donors (Lipinski definition) is 3. The molecule has 1 unspecified atom stereocenters. The van der Waals surface area contributed by atoms with E-state index in [0.29, 0.717) is 13.0 Å². The Balaban J connectivity index is 4.72. The molecule has 0 aliphatic heterocycles. The van der Waals surface area contributed by atoms with Crippen molar-refractivity contribution in [3.8, 4) is 0 Å². The van der Waals surface area contributed by atoms with Gasteiger partial charge in [-0.15, -0.1) is 0 Å². The lowest BCUT2D eigenvalue weighted by Gasteiger charge is -2.37. The molecular weight excluding hydrogens is 232 g/mol. The molecule has 6 heteroatoms. The van der Waals surface area contributed by atoms with Gasteiger partial charge >= 0.3 is 5.97 Å². The van der Waals surface area contributed by atoms with Gasteiger partial charge in [-0.2, -0.15) is 0 Å². The maximum Gasteiger partial charge on any atom is 0.304 e. The van der Waals surface area contributed by atoms with Crippen LogP contribution in [0.3, 0.4) is 0 Å². The van der Waals surface area contributed by atoms with E-state index >= 15 is 0 Å². The third-order valence-corrected chi connectivity index (χ3v) is 2.78. The first-order chi connectivity index (χ1) is 8.25. The van der Waals surface area contributed by atoms with Gasteiger partial charge in [0.1, 0.15) is 0 Å². The molecule has 0 radical (unpaired) electrons. The zero-order valence-electron chi connectivity index (χ0n) is 11.8. The molecule has 0 saturated carbocycles. The third-order valence-electron chi connectivity index (χ3n) is 2.78. The fraction of sp³-hybridized carbons (Fsp3) is 0.833. The molecule has 5 N–H and O–H groups in total. The topological polar surface area (TPSA) is 105 Å². The maximum absolute atomic E-state index is 10.9. The van der Waals surface area contributed by atoms with Gasteiger partial charge in [0, 0.05) is 24.7 Å². The number of nitrogens with two attached hydrogens (primary N) is 2. The summed E-state index contributed by atoms with van der Waals surface area (Å²) in [6, 6.07) is 0.521. The minimum Gasteiger partial charge on any atom is -0.481 e. The molecule has 0 aromatic heterocycles. The van der Waals surface area contributed by atoms with Crippen molar-refractivity contribution in [2.75, 3.05) is 6.54 Å². The molecule has 0 aromatic carbocycles. The zero-order chi connectivity index (χ0) is 14.3. The van der Waals surface area contributed by atoms with Crippen LogP contribution in [-0.2, 0) is 4.79 Å². The second-order valence-electron chi connectivity index (χ2n) is 4.98. The van der Waals surface area contributed by atoms with Crippen LogP contribution in [0, 0.1) is 0 Å². The van der Waals surface area contributed by atoms with E-state index in [1.165, 1.54) is 0 Å². The number of carboxylic acids is 1. The summed E-state index contributed by atoms with van der Waals surface area (Å²) >= 11 is 0. The smallest absolute Gasteiger partial charge is 0.304 e. The molecule has 0 spiro atoms. The van der Waals surface area contributed by atoms with Gasteiger partial charge in [0.25, 0.3) is 0 Å². The molecule has 1 atom stereocenters. The first-order valence-corrected chi connectivity index (χ1v) is 6.30. The lowest BCUT2D eigenvalue weighted by molar-refractivity contribution is -0.138. The standard InChI is InChI=1S/C12H26N4O2/c1-8(2)16(9(3)4)10(7-11(17)18)5-6-15-12(13)14/h8-10H,5-7H2,1-4H3,(H,17,18)(H4,13,14,15). The minimum absolute atomic E-state index is 0.0460. The largest absolute Gasteiger partial charge is 0.481 e. The van der Waals surface area contributed by atoms with E-state index in [4.69, 9.17) is 16.6 Å². The number of carboxylic acid groups (broad SMARTS) is 1. The Kier molecular flexibility index (Phi) is 7.35. The number of nitrogens with zero attached hydrogens (tertiary/aromatic N) is 2. The normalized spacial score (nSPS) is 13.1. The number of aliphatic imine (C=N–C) groups is 1. The molecule has 0 fully saturated rings. The van der Waals surface area contributed by atoms with Gasteiger partial charge in [-0.25, -0.2) is 0 Å². The Morgan fingerprint density at radius 3 is 2.06 bits per heavy atom. The third kappa shape index (κ3) is 6.44. The summed E-state index contributed by atoms with van der Waals surface area (Å²) in [4.78, 5) is 17.1. The molecule has 0 amide bonds. The zero-order valence-corrected chi connectivity index (χ0v) is 11.8. The summed E-state index contributed by atoms with van der Waals surface area (Å²) in [7, 11) is 0. The average Bonchev–Trinajstić information content (AvgIpc) is 2.14. The van der Waals surface area contributed by atoms with Crippen molar-refractivity contribution in [1.82, 2.24) is 4.90 Å². The van der Waals surface area contributed by atoms with Crippen molar-refractivity contribution in [1.29, 1.82) is 0 Å². The highest BCUT2D eigenvalue weighted by molar-refractivity contribution is 5.75. The van der Waals surface area contributed by atoms with Gasteiger partial charge in [0.2, 0.25) is 0 Å². The quantitative estimate of drug-likeness (QED) is 0.437. The van der Waals surface area contributed by atoms with Crippen molar-refractivity contribution < 1.29 is 9.90 Å². The Morgan fingerprint density at radius 1 is 1.22 bits per heavy atom. The Bertz CT molecular complexity index is 278. The van der Waals surface area contributed by atoms with Crippen molar-refractivity contribution in [2.45, 2.75) is 58.7 Å². The minimum atomic E-state index is -0.795. The van der Waals surface area contributed by atoms with Gasteiger partial charge in [-0.05, 0) is 34.1 Å². The molecule has 0 rings (SSSR count). The first kappa shape index (κ1) is 16.7. The van der Waals surface area contributed by atoms with Crippen molar-refractivity contribution >= 4 is 11.9 Å². The molecule has 18 heavy (non-hydrogen) atoms. The summed E-state index contributed by atoms with van der Waals surface area (Å²) in [5.74, 6) is -0.749. The van der Waals surface area contributed by atoms with E-state index in [1.807, 2.05) is 0 Å². The molecular formula is C12H26N4O2. The molecule has 0 aromatic rings. The van der Waals surface area contributed by atoms with Crippen molar-refractivity contribution in [3.05, 3.63) is 0 Å². The van der Waals surface area contributed by atoms with Crippen LogP contribution in [0.25, 0.3) is 0 Å². The van der Waals surface area contributed by atoms with Crippen LogP contribution >= 0.6 is 0 Å². The van der Waals surface area contributed by atoms with Gasteiger partial charge in [-0.1, -0.05) is 0 Å². The summed E-state index contributed by atoms with van der Waals surface area (Å²) in [5.41, 5.74) is 10.5. The Labute approximate surface area is 109 Å². The highest BCUT2D eigenvalue weighted by Crippen LogP contribution is 2.17. The lowest BCUT2D eigenvalue weighted by Crippen LogP contribution is -2.46. The van der Waals surface area contributed by atoms with Crippen LogP contribution in [0.15, 0.2) is 4.99 Å². The number of hydrogen-bond acceptors (Lipinski definition) is 3. The maximum atomic E-state index is 10.9. The van der Waals surface area contributed by atoms with Crippen LogP contribution in [0.5, 0.6) is 0 Å². The van der Waals surface area contributed by atoms with E-state index in [0.717, 1.165) is 0 Å². The molecule has 0 heterocycles. The first-order valence-electron chi connectivity index (χ1n) is 6.30. The summed E-state index contributed by atoms with van der Waals surface area (Å²) in [5, 5.41) is 8.99. The molecule has 0 bridgehead atoms. The van der Waals surface area contributed by atoms with Crippen LogP contribution in [0.2, 0.25) is 0 Å². The van der Waals surface area contributed by atoms with Crippen LogP contribution in [0.4, 0.5) is 0 Å². The lowest BCUT2D eigenvalue weighted by atomic mass is 10.0. The number of carbonyl (C=O) groups is 1. The average molecular weight is 258 g/mol. The summed E-state index contributed by atoms with van der Waals surface area (Å²) in [6.45, 7) is 8.71. The van der Waals surface area contributed by atoms with Gasteiger partial charge < -0.3 is 16.6 Å². The van der Waals surface area contributed by atoms with E-state index < -0.39 is 5.97 Å². The fourth-order valence-electron chi connectivity index (χ4n) is 2.34. The number of rotatable bonds is 8. The van der Waals surface area contributed by atoms with E-state index in [2.05, 4.69) is 37.6 Å². The van der Waals surface area contributed by atoms with Crippen molar-refractivity contribution in [2.24, 2.45) is 16.5 Å². The van der Waals surface area contributed by atoms with Crippen molar-refractivity contribution in [3.63, 3.8) is 0 Å². The predicted octanol–water partition coefficient (Wildman–Crippen LogP) is 0.612. The summed E-state index contributed by atoms with van der Waals surface area (Å²) < 4.78 is 0. The molecule has 0 aliphatic rings. The van der Waals surface area contributed by atoms with Crippen LogP contribution in [-0.4, -0.2) is 46.6 Å². The van der Waals surface area contributed by atoms with Gasteiger partial charge in [0.15, 0.2) is 5.96 Å². The monoisotopic (exact) mass is 258 g/mol. The highest BCUT2D eigenvalue weighted by atomic mass is 16.4. The van der Waals surface area contributed by atoms with Gasteiger partial charge in [-0.3, -0.25) is 14.7 Å². The fourth-order valence-corrected chi connectivity index (χ4v) is 2.34. The van der Waals surface area contributed by atoms with E-state index in [9.17, 15) is 4.79 Å². The van der Waals surface area contributed by atoms with Crippen LogP contribution in [0.1, 0.15) is 40.5 Å². The molecule has 0 aliphatic carbocycles. The molecule has 6 nitrogen and oxygen atoms in total. The Morgan fingerprint density at radius 2 is 1.72 bits per heavy atom. The van der Waals surface area contributed by atoms with E-state index in [1.54, 1.807) is 0 Å². The SMILES string of the molecule is CC(C)N(C(C)C)C(CCN=C(N)N)CC(=O)O. The van der Waals surface area contributed by atoms with E-state index in [-0.39, 0.29) is 30.5 Å². The molecule has 106 valence electrons. The van der Waals surface area contributed by atoms with Gasteiger partial charge in [0.05, 0.1) is 6.42 Å². The number of aliphatic carboxylic acids is 1. The Hall–Kier alpha value is -1.30. The highest BCUT2D eigenvalue weighted by Gasteiger charge is 2.25. The second kappa shape index (κ2) is 7.92. The molecule has 0 saturated heterocycles. The van der Waals surface area contributed by atoms with Crippen LogP contribution < -0.4 is 11.5 Å². The number of guanidine groups is 1.